The van der Waals surface area contributed by atoms with E-state index in [0.29, 0.717) is 25.3 Å². The monoisotopic (exact) mass is 279 g/mol. The zero-order chi connectivity index (χ0) is 15.0. The molecule has 110 valence electrons. The van der Waals surface area contributed by atoms with Crippen LogP contribution in [-0.4, -0.2) is 46.5 Å². The fourth-order valence-corrected chi connectivity index (χ4v) is 1.78. The second-order valence-electron chi connectivity index (χ2n) is 4.20. The number of hydrogen-bond acceptors (Lipinski definition) is 5. The topological polar surface area (TPSA) is 104 Å². The highest BCUT2D eigenvalue weighted by atomic mass is 16.4. The maximum absolute atomic E-state index is 11.8. The van der Waals surface area contributed by atoms with E-state index in [1.165, 1.54) is 0 Å². The number of nitrogens with zero attached hydrogens (tertiary/aromatic N) is 3. The fraction of sp³-hybridized carbons (Fsp3) is 0.462. The molecule has 0 aliphatic carbocycles. The van der Waals surface area contributed by atoms with Gasteiger partial charge in [-0.1, -0.05) is 5.16 Å². The fourth-order valence-electron chi connectivity index (χ4n) is 1.78. The van der Waals surface area contributed by atoms with Crippen molar-refractivity contribution in [1.82, 2.24) is 15.2 Å². The minimum Gasteiger partial charge on any atom is -0.409 e. The summed E-state index contributed by atoms with van der Waals surface area (Å²) < 4.78 is 0. The maximum Gasteiger partial charge on any atom is 0.236 e. The van der Waals surface area contributed by atoms with E-state index in [4.69, 9.17) is 10.9 Å². The average Bonchev–Trinajstić information content (AvgIpc) is 2.48. The first kappa shape index (κ1) is 15.9. The molecule has 0 unspecified atom stereocenters. The van der Waals surface area contributed by atoms with Gasteiger partial charge in [0.1, 0.15) is 5.69 Å². The minimum absolute atomic E-state index is 0.0360. The summed E-state index contributed by atoms with van der Waals surface area (Å²) in [6.45, 7) is 6.12. The Hall–Kier alpha value is -2.15. The molecule has 1 amide bonds. The summed E-state index contributed by atoms with van der Waals surface area (Å²) in [5.74, 6) is 0.0341. The summed E-state index contributed by atoms with van der Waals surface area (Å²) in [7, 11) is 0. The van der Waals surface area contributed by atoms with E-state index >= 15 is 0 Å². The van der Waals surface area contributed by atoms with Gasteiger partial charge in [-0.05, 0) is 31.5 Å². The Balaban J connectivity index is 2.52. The van der Waals surface area contributed by atoms with Gasteiger partial charge in [0.2, 0.25) is 5.91 Å². The molecule has 1 heterocycles. The highest BCUT2D eigenvalue weighted by Gasteiger charge is 2.08. The third-order valence-electron chi connectivity index (χ3n) is 2.92. The van der Waals surface area contributed by atoms with E-state index in [-0.39, 0.29) is 18.3 Å². The predicted octanol–water partition coefficient (Wildman–Crippen LogP) is 0.134. The van der Waals surface area contributed by atoms with Crippen molar-refractivity contribution in [2.75, 3.05) is 19.6 Å². The molecule has 4 N–H and O–H groups in total. The number of amidine groups is 1. The standard InChI is InChI=1S/C13H21N5O2/c1-3-18(4-2)12(19)9-15-8-10-5-6-16-11(7-10)13(14)17-20/h5-7,15,20H,3-4,8-9H2,1-2H3,(H2,14,17). The third kappa shape index (κ3) is 4.51. The lowest BCUT2D eigenvalue weighted by atomic mass is 10.2. The van der Waals surface area contributed by atoms with Gasteiger partial charge < -0.3 is 21.2 Å². The number of oxime groups is 1. The van der Waals surface area contributed by atoms with Crippen LogP contribution in [0.4, 0.5) is 0 Å². The first-order valence-electron chi connectivity index (χ1n) is 6.53. The number of pyridine rings is 1. The van der Waals surface area contributed by atoms with Gasteiger partial charge in [-0.15, -0.1) is 0 Å². The normalized spacial score (nSPS) is 11.4. The van der Waals surface area contributed by atoms with E-state index in [2.05, 4.69) is 15.5 Å². The molecule has 7 nitrogen and oxygen atoms in total. The third-order valence-corrected chi connectivity index (χ3v) is 2.92. The van der Waals surface area contributed by atoms with Crippen molar-refractivity contribution < 1.29 is 10.0 Å². The van der Waals surface area contributed by atoms with Gasteiger partial charge in [0.15, 0.2) is 5.84 Å². The highest BCUT2D eigenvalue weighted by molar-refractivity contribution is 5.95. The Morgan fingerprint density at radius 3 is 2.80 bits per heavy atom. The molecule has 0 radical (unpaired) electrons. The molecular formula is C13H21N5O2. The molecule has 0 aromatic carbocycles. The smallest absolute Gasteiger partial charge is 0.236 e. The van der Waals surface area contributed by atoms with Crippen molar-refractivity contribution in [3.63, 3.8) is 0 Å². The summed E-state index contributed by atoms with van der Waals surface area (Å²) in [6.07, 6.45) is 1.58. The van der Waals surface area contributed by atoms with E-state index in [1.807, 2.05) is 19.9 Å². The van der Waals surface area contributed by atoms with Gasteiger partial charge in [0, 0.05) is 25.8 Å². The molecule has 0 spiro atoms. The van der Waals surface area contributed by atoms with Crippen molar-refractivity contribution in [3.8, 4) is 0 Å². The predicted molar refractivity (Wildman–Crippen MR) is 76.4 cm³/mol. The number of nitrogens with two attached hydrogens (primary N) is 1. The van der Waals surface area contributed by atoms with Crippen molar-refractivity contribution >= 4 is 11.7 Å². The first-order chi connectivity index (χ1) is 9.62. The van der Waals surface area contributed by atoms with Gasteiger partial charge in [-0.3, -0.25) is 9.78 Å². The lowest BCUT2D eigenvalue weighted by molar-refractivity contribution is -0.129. The number of aromatic nitrogens is 1. The van der Waals surface area contributed by atoms with Crippen LogP contribution < -0.4 is 11.1 Å². The number of nitrogens with one attached hydrogen (secondary N) is 1. The van der Waals surface area contributed by atoms with Crippen molar-refractivity contribution in [3.05, 3.63) is 29.6 Å². The van der Waals surface area contributed by atoms with E-state index in [1.54, 1.807) is 17.2 Å². The van der Waals surface area contributed by atoms with Crippen LogP contribution in [0.5, 0.6) is 0 Å². The molecule has 0 atom stereocenters. The zero-order valence-corrected chi connectivity index (χ0v) is 11.8. The number of carbonyl (C=O) groups excluding carboxylic acids is 1. The molecule has 1 aromatic rings. The number of likely N-dealkylation sites (N-methyl/N-ethyl adjacent to an activating group) is 1. The van der Waals surface area contributed by atoms with E-state index in [9.17, 15) is 4.79 Å². The van der Waals surface area contributed by atoms with E-state index < -0.39 is 0 Å². The number of amides is 1. The molecule has 1 rings (SSSR count). The maximum atomic E-state index is 11.8. The van der Waals surface area contributed by atoms with Crippen LogP contribution in [0.15, 0.2) is 23.5 Å². The Bertz CT molecular complexity index is 472. The first-order valence-corrected chi connectivity index (χ1v) is 6.53. The van der Waals surface area contributed by atoms with Gasteiger partial charge in [-0.25, -0.2) is 0 Å². The van der Waals surface area contributed by atoms with Crippen LogP contribution >= 0.6 is 0 Å². The quantitative estimate of drug-likeness (QED) is 0.285. The molecule has 0 saturated heterocycles. The molecule has 0 aliphatic rings. The number of rotatable bonds is 7. The minimum atomic E-state index is -0.0360. The summed E-state index contributed by atoms with van der Waals surface area (Å²) in [4.78, 5) is 17.6. The summed E-state index contributed by atoms with van der Waals surface area (Å²) in [5, 5.41) is 14.6. The molecule has 20 heavy (non-hydrogen) atoms. The van der Waals surface area contributed by atoms with Crippen LogP contribution in [0.2, 0.25) is 0 Å². The summed E-state index contributed by atoms with van der Waals surface area (Å²) in [5.41, 5.74) is 6.79. The Labute approximate surface area is 118 Å². The lowest BCUT2D eigenvalue weighted by Crippen LogP contribution is -2.37. The van der Waals surface area contributed by atoms with Crippen molar-refractivity contribution in [1.29, 1.82) is 0 Å². The average molecular weight is 279 g/mol. The highest BCUT2D eigenvalue weighted by Crippen LogP contribution is 2.01. The van der Waals surface area contributed by atoms with Gasteiger partial charge in [-0.2, -0.15) is 0 Å². The second-order valence-corrected chi connectivity index (χ2v) is 4.20. The molecule has 0 bridgehead atoms. The van der Waals surface area contributed by atoms with Crippen molar-refractivity contribution in [2.45, 2.75) is 20.4 Å². The van der Waals surface area contributed by atoms with Crippen molar-refractivity contribution in [2.24, 2.45) is 10.9 Å². The van der Waals surface area contributed by atoms with Crippen LogP contribution in [0.1, 0.15) is 25.1 Å². The molecule has 1 aromatic heterocycles. The lowest BCUT2D eigenvalue weighted by Gasteiger charge is -2.18. The molecule has 0 fully saturated rings. The SMILES string of the molecule is CCN(CC)C(=O)CNCc1ccnc(/C(N)=N/O)c1. The van der Waals surface area contributed by atoms with Gasteiger partial charge >= 0.3 is 0 Å². The van der Waals surface area contributed by atoms with Crippen LogP contribution in [0.3, 0.4) is 0 Å². The summed E-state index contributed by atoms with van der Waals surface area (Å²) >= 11 is 0. The largest absolute Gasteiger partial charge is 0.409 e. The van der Waals surface area contributed by atoms with Crippen LogP contribution in [0.25, 0.3) is 0 Å². The zero-order valence-electron chi connectivity index (χ0n) is 11.8. The molecule has 0 saturated carbocycles. The van der Waals surface area contributed by atoms with Crippen LogP contribution in [-0.2, 0) is 11.3 Å². The molecule has 7 heteroatoms. The molecule has 0 aliphatic heterocycles. The molecular weight excluding hydrogens is 258 g/mol. The number of hydrogen-bond donors (Lipinski definition) is 3. The van der Waals surface area contributed by atoms with Gasteiger partial charge in [0.25, 0.3) is 0 Å². The van der Waals surface area contributed by atoms with Crippen LogP contribution in [0, 0.1) is 0 Å². The van der Waals surface area contributed by atoms with E-state index in [0.717, 1.165) is 5.56 Å². The second kappa shape index (κ2) is 8.11. The Morgan fingerprint density at radius 2 is 2.20 bits per heavy atom. The Kier molecular flexibility index (Phi) is 6.45. The van der Waals surface area contributed by atoms with Gasteiger partial charge in [0.05, 0.1) is 6.54 Å². The number of carbonyl (C=O) groups is 1. The summed E-state index contributed by atoms with van der Waals surface area (Å²) in [6, 6.07) is 3.52. The Morgan fingerprint density at radius 1 is 1.50 bits per heavy atom.